The summed E-state index contributed by atoms with van der Waals surface area (Å²) in [5, 5.41) is 0. The Labute approximate surface area is 208 Å². The Morgan fingerprint density at radius 1 is 0.833 bits per heavy atom. The standard InChI is InChI=1S/C27H27FN4O4/c28-22-7-1-5-20(17-22)19-31-10-4-11-32(27(31)35)23-8-2-6-21(18-23)25(33)29-12-14-30(15-13-29)26(34)24-9-3-16-36-24/h1-3,5-9,16-18H,4,10-15,19H2. The van der Waals surface area contributed by atoms with Crippen LogP contribution in [0.25, 0.3) is 0 Å². The van der Waals surface area contributed by atoms with Crippen molar-refractivity contribution in [3.63, 3.8) is 0 Å². The fourth-order valence-electron chi connectivity index (χ4n) is 4.68. The summed E-state index contributed by atoms with van der Waals surface area (Å²) in [4.78, 5) is 45.7. The summed E-state index contributed by atoms with van der Waals surface area (Å²) in [6.45, 7) is 3.14. The number of carbonyl (C=O) groups excluding carboxylic acids is 3. The van der Waals surface area contributed by atoms with E-state index in [-0.39, 0.29) is 23.7 Å². The van der Waals surface area contributed by atoms with Crippen molar-refractivity contribution in [2.75, 3.05) is 44.2 Å². The number of hydrogen-bond donors (Lipinski definition) is 0. The number of anilines is 1. The van der Waals surface area contributed by atoms with Crippen LogP contribution in [-0.2, 0) is 6.54 Å². The average molecular weight is 491 g/mol. The molecule has 2 aliphatic heterocycles. The van der Waals surface area contributed by atoms with Gasteiger partial charge in [-0.05, 0) is 54.4 Å². The SMILES string of the molecule is O=C(c1cccc(N2CCCN(Cc3cccc(F)c3)C2=O)c1)N1CCN(C(=O)c2ccco2)CC1. The van der Waals surface area contributed by atoms with E-state index in [2.05, 4.69) is 0 Å². The monoisotopic (exact) mass is 490 g/mol. The van der Waals surface area contributed by atoms with E-state index in [1.54, 1.807) is 62.1 Å². The van der Waals surface area contributed by atoms with E-state index in [0.29, 0.717) is 62.8 Å². The highest BCUT2D eigenvalue weighted by molar-refractivity contribution is 5.98. The van der Waals surface area contributed by atoms with Gasteiger partial charge in [-0.15, -0.1) is 0 Å². The summed E-state index contributed by atoms with van der Waals surface area (Å²) >= 11 is 0. The van der Waals surface area contributed by atoms with Crippen LogP contribution in [0.5, 0.6) is 0 Å². The Morgan fingerprint density at radius 2 is 1.58 bits per heavy atom. The van der Waals surface area contributed by atoms with Gasteiger partial charge in [0, 0.05) is 57.1 Å². The molecule has 0 bridgehead atoms. The fraction of sp³-hybridized carbons (Fsp3) is 0.296. The lowest BCUT2D eigenvalue weighted by Crippen LogP contribution is -2.50. The van der Waals surface area contributed by atoms with Gasteiger partial charge in [0.15, 0.2) is 5.76 Å². The van der Waals surface area contributed by atoms with Gasteiger partial charge in [-0.25, -0.2) is 9.18 Å². The van der Waals surface area contributed by atoms with E-state index in [4.69, 9.17) is 4.42 Å². The van der Waals surface area contributed by atoms with Crippen molar-refractivity contribution in [1.82, 2.24) is 14.7 Å². The van der Waals surface area contributed by atoms with Crippen molar-refractivity contribution in [2.45, 2.75) is 13.0 Å². The number of halogens is 1. The molecule has 0 atom stereocenters. The van der Waals surface area contributed by atoms with Gasteiger partial charge in [-0.2, -0.15) is 0 Å². The predicted molar refractivity (Wildman–Crippen MR) is 131 cm³/mol. The van der Waals surface area contributed by atoms with E-state index in [1.807, 2.05) is 6.07 Å². The molecular formula is C27H27FN4O4. The molecule has 2 fully saturated rings. The second-order valence-corrected chi connectivity index (χ2v) is 8.95. The molecule has 2 aliphatic rings. The lowest BCUT2D eigenvalue weighted by Gasteiger charge is -2.36. The molecule has 0 N–H and O–H groups in total. The van der Waals surface area contributed by atoms with Gasteiger partial charge >= 0.3 is 6.03 Å². The molecule has 36 heavy (non-hydrogen) atoms. The smallest absolute Gasteiger partial charge is 0.324 e. The third-order valence-electron chi connectivity index (χ3n) is 6.56. The normalized spacial score (nSPS) is 16.4. The molecule has 4 amide bonds. The van der Waals surface area contributed by atoms with Crippen LogP contribution in [0.4, 0.5) is 14.9 Å². The Morgan fingerprint density at radius 3 is 2.31 bits per heavy atom. The molecule has 0 spiro atoms. The Kier molecular flexibility index (Phi) is 6.71. The first-order valence-corrected chi connectivity index (χ1v) is 12.0. The van der Waals surface area contributed by atoms with Crippen molar-refractivity contribution in [2.24, 2.45) is 0 Å². The van der Waals surface area contributed by atoms with E-state index >= 15 is 0 Å². The molecule has 2 aromatic carbocycles. The van der Waals surface area contributed by atoms with Gasteiger partial charge in [-0.3, -0.25) is 14.5 Å². The molecule has 9 heteroatoms. The van der Waals surface area contributed by atoms with Crippen LogP contribution in [0.2, 0.25) is 0 Å². The van der Waals surface area contributed by atoms with Gasteiger partial charge in [0.25, 0.3) is 11.8 Å². The van der Waals surface area contributed by atoms with Crippen molar-refractivity contribution < 1.29 is 23.2 Å². The maximum Gasteiger partial charge on any atom is 0.324 e. The number of benzene rings is 2. The molecule has 186 valence electrons. The Balaban J connectivity index is 1.24. The Bertz CT molecular complexity index is 1250. The maximum absolute atomic E-state index is 13.6. The third-order valence-corrected chi connectivity index (χ3v) is 6.56. The van der Waals surface area contributed by atoms with Gasteiger partial charge in [-0.1, -0.05) is 18.2 Å². The number of carbonyl (C=O) groups is 3. The highest BCUT2D eigenvalue weighted by atomic mass is 19.1. The number of rotatable bonds is 5. The Hall–Kier alpha value is -4.14. The molecule has 2 saturated heterocycles. The van der Waals surface area contributed by atoms with Gasteiger partial charge in [0.05, 0.1) is 6.26 Å². The van der Waals surface area contributed by atoms with Gasteiger partial charge < -0.3 is 19.1 Å². The number of nitrogens with zero attached hydrogens (tertiary/aromatic N) is 4. The van der Waals surface area contributed by atoms with E-state index < -0.39 is 0 Å². The summed E-state index contributed by atoms with van der Waals surface area (Å²) in [5.74, 6) is -0.352. The first-order valence-electron chi connectivity index (χ1n) is 12.0. The molecule has 0 unspecified atom stereocenters. The molecule has 0 saturated carbocycles. The summed E-state index contributed by atoms with van der Waals surface area (Å²) in [7, 11) is 0. The van der Waals surface area contributed by atoms with E-state index in [9.17, 15) is 18.8 Å². The second kappa shape index (κ2) is 10.2. The minimum atomic E-state index is -0.328. The van der Waals surface area contributed by atoms with Crippen LogP contribution in [0.15, 0.2) is 71.3 Å². The highest BCUT2D eigenvalue weighted by Crippen LogP contribution is 2.24. The quantitative estimate of drug-likeness (QED) is 0.545. The van der Waals surface area contributed by atoms with Crippen molar-refractivity contribution in [3.8, 4) is 0 Å². The number of hydrogen-bond acceptors (Lipinski definition) is 4. The number of urea groups is 1. The number of piperazine rings is 1. The zero-order valence-corrected chi connectivity index (χ0v) is 19.8. The molecule has 0 aliphatic carbocycles. The lowest BCUT2D eigenvalue weighted by atomic mass is 10.1. The molecule has 5 rings (SSSR count). The van der Waals surface area contributed by atoms with Crippen molar-refractivity contribution in [1.29, 1.82) is 0 Å². The highest BCUT2D eigenvalue weighted by Gasteiger charge is 2.29. The van der Waals surface area contributed by atoms with Gasteiger partial charge in [0.1, 0.15) is 5.82 Å². The van der Waals surface area contributed by atoms with Crippen LogP contribution in [0.3, 0.4) is 0 Å². The first kappa shape index (κ1) is 23.6. The summed E-state index contributed by atoms with van der Waals surface area (Å²) in [6.07, 6.45) is 2.23. The van der Waals surface area contributed by atoms with Crippen LogP contribution < -0.4 is 4.90 Å². The fourth-order valence-corrected chi connectivity index (χ4v) is 4.68. The summed E-state index contributed by atoms with van der Waals surface area (Å²) in [6, 6.07) is 16.5. The second-order valence-electron chi connectivity index (χ2n) is 8.95. The molecule has 3 aromatic rings. The van der Waals surface area contributed by atoms with Crippen LogP contribution in [0, 0.1) is 5.82 Å². The molecule has 0 radical (unpaired) electrons. The van der Waals surface area contributed by atoms with Crippen LogP contribution >= 0.6 is 0 Å². The predicted octanol–water partition coefficient (Wildman–Crippen LogP) is 3.85. The zero-order valence-electron chi connectivity index (χ0n) is 19.8. The maximum atomic E-state index is 13.6. The topological polar surface area (TPSA) is 77.3 Å². The van der Waals surface area contributed by atoms with E-state index in [0.717, 1.165) is 12.0 Å². The van der Waals surface area contributed by atoms with Crippen molar-refractivity contribution in [3.05, 3.63) is 89.6 Å². The molecule has 1 aromatic heterocycles. The van der Waals surface area contributed by atoms with Crippen molar-refractivity contribution >= 4 is 23.5 Å². The molecule has 3 heterocycles. The summed E-state index contributed by atoms with van der Waals surface area (Å²) < 4.78 is 18.8. The largest absolute Gasteiger partial charge is 0.459 e. The van der Waals surface area contributed by atoms with E-state index in [1.165, 1.54) is 18.4 Å². The minimum absolute atomic E-state index is 0.136. The number of amides is 4. The first-order chi connectivity index (χ1) is 17.5. The lowest BCUT2D eigenvalue weighted by molar-refractivity contribution is 0.0518. The van der Waals surface area contributed by atoms with Gasteiger partial charge in [0.2, 0.25) is 0 Å². The average Bonchev–Trinajstić information content (AvgIpc) is 3.44. The van der Waals surface area contributed by atoms with Crippen LogP contribution in [-0.4, -0.2) is 71.8 Å². The molecule has 8 nitrogen and oxygen atoms in total. The molecular weight excluding hydrogens is 463 g/mol. The minimum Gasteiger partial charge on any atom is -0.459 e. The van der Waals surface area contributed by atoms with Crippen LogP contribution in [0.1, 0.15) is 32.9 Å². The zero-order chi connectivity index (χ0) is 25.1. The number of furan rings is 1. The third kappa shape index (κ3) is 4.95. The summed E-state index contributed by atoms with van der Waals surface area (Å²) in [5.41, 5.74) is 1.88.